The van der Waals surface area contributed by atoms with E-state index in [1.807, 2.05) is 18.2 Å². The Balaban J connectivity index is 0.00000441. The number of hydrogen-bond acceptors (Lipinski definition) is 8. The maximum absolute atomic E-state index is 13.5. The molecule has 1 aromatic heterocycles. The van der Waals surface area contributed by atoms with Gasteiger partial charge < -0.3 is 19.3 Å². The molecule has 0 saturated carbocycles. The van der Waals surface area contributed by atoms with E-state index in [0.717, 1.165) is 5.56 Å². The van der Waals surface area contributed by atoms with Crippen LogP contribution in [0.5, 0.6) is 23.1 Å². The first-order valence-electron chi connectivity index (χ1n) is 12.3. The molecule has 0 amide bonds. The SMILES string of the molecule is COc1ccccc1Oc1c(NS(=O)(=O)c2ccc(C(C)(C)C)cc2)nc(-c2ccccc2)nc1OCCO.[K+]. The summed E-state index contributed by atoms with van der Waals surface area (Å²) in [5.41, 5.74) is 1.49. The van der Waals surface area contributed by atoms with Crippen LogP contribution in [0.25, 0.3) is 11.4 Å². The minimum Gasteiger partial charge on any atom is -0.493 e. The third-order valence-corrected chi connectivity index (χ3v) is 7.09. The molecule has 0 saturated heterocycles. The molecule has 11 heteroatoms. The second-order valence-corrected chi connectivity index (χ2v) is 11.3. The molecule has 3 aromatic carbocycles. The number of methoxy groups -OCH3 is 1. The number of para-hydroxylation sites is 2. The van der Waals surface area contributed by atoms with Crippen LogP contribution in [-0.4, -0.2) is 43.8 Å². The van der Waals surface area contributed by atoms with Crippen LogP contribution in [0.3, 0.4) is 0 Å². The number of aromatic nitrogens is 2. The van der Waals surface area contributed by atoms with Crippen molar-refractivity contribution < 1.29 is 79.1 Å². The Kier molecular flexibility index (Phi) is 11.1. The molecular formula is C29H31KN3O6S+. The fourth-order valence-corrected chi connectivity index (χ4v) is 4.69. The van der Waals surface area contributed by atoms with E-state index in [-0.39, 0.29) is 98.2 Å². The van der Waals surface area contributed by atoms with E-state index in [1.165, 1.54) is 7.11 Å². The quantitative estimate of drug-likeness (QED) is 0.271. The molecule has 0 bridgehead atoms. The monoisotopic (exact) mass is 588 g/mol. The van der Waals surface area contributed by atoms with Gasteiger partial charge in [0.1, 0.15) is 6.61 Å². The number of anilines is 1. The summed E-state index contributed by atoms with van der Waals surface area (Å²) >= 11 is 0. The molecule has 9 nitrogen and oxygen atoms in total. The Hall–Kier alpha value is -2.51. The zero-order chi connectivity index (χ0) is 28.0. The van der Waals surface area contributed by atoms with Crippen LogP contribution in [0.15, 0.2) is 83.8 Å². The van der Waals surface area contributed by atoms with Gasteiger partial charge in [0.05, 0.1) is 18.6 Å². The van der Waals surface area contributed by atoms with Gasteiger partial charge in [-0.15, -0.1) is 0 Å². The number of sulfonamides is 1. The van der Waals surface area contributed by atoms with Crippen LogP contribution in [0, 0.1) is 0 Å². The summed E-state index contributed by atoms with van der Waals surface area (Å²) in [6.45, 7) is 5.76. The Morgan fingerprint density at radius 2 is 1.50 bits per heavy atom. The number of benzene rings is 3. The van der Waals surface area contributed by atoms with Gasteiger partial charge in [0.25, 0.3) is 15.9 Å². The van der Waals surface area contributed by atoms with Crippen molar-refractivity contribution in [1.82, 2.24) is 9.97 Å². The van der Waals surface area contributed by atoms with Crippen molar-refractivity contribution in [2.75, 3.05) is 25.0 Å². The third kappa shape index (κ3) is 7.82. The Bertz CT molecular complexity index is 1530. The predicted octanol–water partition coefficient (Wildman–Crippen LogP) is 2.42. The van der Waals surface area contributed by atoms with Crippen molar-refractivity contribution in [2.24, 2.45) is 0 Å². The van der Waals surface area contributed by atoms with E-state index in [2.05, 4.69) is 35.5 Å². The molecule has 0 aliphatic carbocycles. The van der Waals surface area contributed by atoms with Crippen molar-refractivity contribution in [3.8, 4) is 34.5 Å². The van der Waals surface area contributed by atoms with Gasteiger partial charge in [-0.2, -0.15) is 4.98 Å². The second kappa shape index (κ2) is 13.9. The first-order valence-corrected chi connectivity index (χ1v) is 13.8. The maximum Gasteiger partial charge on any atom is 1.00 e. The summed E-state index contributed by atoms with van der Waals surface area (Å²) in [4.78, 5) is 9.06. The summed E-state index contributed by atoms with van der Waals surface area (Å²) in [6.07, 6.45) is 0. The average molecular weight is 589 g/mol. The van der Waals surface area contributed by atoms with Gasteiger partial charge in [0.15, 0.2) is 23.1 Å². The Morgan fingerprint density at radius 3 is 2.10 bits per heavy atom. The van der Waals surface area contributed by atoms with E-state index >= 15 is 0 Å². The van der Waals surface area contributed by atoms with Crippen molar-refractivity contribution in [1.29, 1.82) is 0 Å². The topological polar surface area (TPSA) is 120 Å². The van der Waals surface area contributed by atoms with Crippen molar-refractivity contribution >= 4 is 15.8 Å². The fraction of sp³-hybridized carbons (Fsp3) is 0.241. The Labute approximate surface area is 277 Å². The normalized spacial score (nSPS) is 11.3. The largest absolute Gasteiger partial charge is 1.00 e. The average Bonchev–Trinajstić information content (AvgIpc) is 2.93. The number of aliphatic hydroxyl groups excluding tert-OH is 1. The smallest absolute Gasteiger partial charge is 0.493 e. The van der Waals surface area contributed by atoms with Crippen LogP contribution in [0.1, 0.15) is 26.3 Å². The second-order valence-electron chi connectivity index (χ2n) is 9.60. The molecule has 0 unspecified atom stereocenters. The van der Waals surface area contributed by atoms with Crippen LogP contribution in [0.2, 0.25) is 0 Å². The van der Waals surface area contributed by atoms with Gasteiger partial charge in [0, 0.05) is 5.56 Å². The van der Waals surface area contributed by atoms with Gasteiger partial charge in [0.2, 0.25) is 5.75 Å². The molecule has 1 heterocycles. The van der Waals surface area contributed by atoms with Crippen LogP contribution in [0.4, 0.5) is 5.82 Å². The first-order chi connectivity index (χ1) is 18.6. The summed E-state index contributed by atoms with van der Waals surface area (Å²) in [6, 6.07) is 22.6. The number of nitrogens with one attached hydrogen (secondary N) is 1. The van der Waals surface area contributed by atoms with E-state index in [9.17, 15) is 13.5 Å². The number of hydrogen-bond donors (Lipinski definition) is 2. The number of ether oxygens (including phenoxy) is 3. The summed E-state index contributed by atoms with van der Waals surface area (Å²) in [7, 11) is -2.61. The minimum absolute atomic E-state index is 0. The third-order valence-electron chi connectivity index (χ3n) is 5.74. The van der Waals surface area contributed by atoms with Crippen LogP contribution < -0.4 is 70.3 Å². The molecule has 0 atom stereocenters. The van der Waals surface area contributed by atoms with E-state index in [4.69, 9.17) is 14.2 Å². The molecule has 204 valence electrons. The summed E-state index contributed by atoms with van der Waals surface area (Å²) in [5, 5.41) is 9.42. The van der Waals surface area contributed by atoms with Crippen LogP contribution in [-0.2, 0) is 15.4 Å². The zero-order valence-electron chi connectivity index (χ0n) is 23.2. The molecule has 0 fully saturated rings. The molecule has 0 radical (unpaired) electrons. The molecular weight excluding hydrogens is 557 g/mol. The molecule has 40 heavy (non-hydrogen) atoms. The molecule has 0 spiro atoms. The number of nitrogens with zero attached hydrogens (tertiary/aromatic N) is 2. The maximum atomic E-state index is 13.5. The summed E-state index contributed by atoms with van der Waals surface area (Å²) in [5.74, 6) is 0.635. The summed E-state index contributed by atoms with van der Waals surface area (Å²) < 4.78 is 46.8. The molecule has 0 aliphatic rings. The van der Waals surface area contributed by atoms with Crippen molar-refractivity contribution in [3.05, 3.63) is 84.4 Å². The van der Waals surface area contributed by atoms with Gasteiger partial charge in [-0.3, -0.25) is 4.72 Å². The fourth-order valence-electron chi connectivity index (χ4n) is 3.68. The van der Waals surface area contributed by atoms with Crippen LogP contribution >= 0.6 is 0 Å². The minimum atomic E-state index is -4.10. The standard InChI is InChI=1S/C29H31N3O6S.K/c1-29(2,3)21-14-16-22(17-15-21)39(34,35)32-27-25(38-24-13-9-8-12-23(24)36-4)28(37-19-18-33)31-26(30-27)20-10-6-5-7-11-20;/h5-17,33H,18-19H2,1-4H3,(H,30,31,32);/q;+1. The van der Waals surface area contributed by atoms with Gasteiger partial charge >= 0.3 is 51.4 Å². The van der Waals surface area contributed by atoms with Crippen molar-refractivity contribution in [3.63, 3.8) is 0 Å². The van der Waals surface area contributed by atoms with E-state index in [0.29, 0.717) is 17.1 Å². The van der Waals surface area contributed by atoms with E-state index in [1.54, 1.807) is 60.7 Å². The molecule has 4 aromatic rings. The Morgan fingerprint density at radius 1 is 0.875 bits per heavy atom. The molecule has 4 rings (SSSR count). The van der Waals surface area contributed by atoms with Gasteiger partial charge in [-0.05, 0) is 35.2 Å². The zero-order valence-corrected chi connectivity index (χ0v) is 27.2. The van der Waals surface area contributed by atoms with Crippen molar-refractivity contribution in [2.45, 2.75) is 31.1 Å². The predicted molar refractivity (Wildman–Crippen MR) is 149 cm³/mol. The van der Waals surface area contributed by atoms with Gasteiger partial charge in [-0.1, -0.05) is 75.4 Å². The number of rotatable bonds is 10. The number of aliphatic hydroxyl groups is 1. The molecule has 0 aliphatic heterocycles. The van der Waals surface area contributed by atoms with Gasteiger partial charge in [-0.25, -0.2) is 13.4 Å². The molecule has 2 N–H and O–H groups in total. The first kappa shape index (κ1) is 32.0. The van der Waals surface area contributed by atoms with E-state index < -0.39 is 10.0 Å².